The molecule has 0 aliphatic heterocycles. The Kier molecular flexibility index (Phi) is 2.54. The molecule has 4 nitrogen and oxygen atoms in total. The first kappa shape index (κ1) is 12.3. The van der Waals surface area contributed by atoms with E-state index in [9.17, 15) is 20.1 Å². The van der Waals surface area contributed by atoms with Crippen LogP contribution in [0.15, 0.2) is 36.4 Å². The Hall–Kier alpha value is -2.75. The van der Waals surface area contributed by atoms with E-state index in [1.54, 1.807) is 24.3 Å². The van der Waals surface area contributed by atoms with Gasteiger partial charge in [0.1, 0.15) is 17.2 Å². The number of aromatic hydroxyl groups is 3. The minimum absolute atomic E-state index is 0.132. The maximum atomic E-state index is 12.0. The Morgan fingerprint density at radius 3 is 1.70 bits per heavy atom. The van der Waals surface area contributed by atoms with E-state index in [-0.39, 0.29) is 33.8 Å². The summed E-state index contributed by atoms with van der Waals surface area (Å²) in [4.78, 5) is 12.0. The van der Waals surface area contributed by atoms with Crippen LogP contribution in [0.1, 0.15) is 17.3 Å². The van der Waals surface area contributed by atoms with Crippen molar-refractivity contribution in [1.29, 1.82) is 0 Å². The van der Waals surface area contributed by atoms with E-state index >= 15 is 0 Å². The first-order valence-electron chi connectivity index (χ1n) is 6.11. The van der Waals surface area contributed by atoms with Crippen LogP contribution in [-0.2, 0) is 0 Å². The van der Waals surface area contributed by atoms with Crippen LogP contribution in [0.4, 0.5) is 0 Å². The molecule has 0 aliphatic carbocycles. The number of hydrogen-bond donors (Lipinski definition) is 3. The van der Waals surface area contributed by atoms with Crippen molar-refractivity contribution in [3.63, 3.8) is 0 Å². The number of carbonyl (C=O) groups excluding carboxylic acids is 1. The molecule has 0 unspecified atom stereocenters. The molecule has 3 aromatic carbocycles. The third-order valence-corrected chi connectivity index (χ3v) is 3.45. The van der Waals surface area contributed by atoms with Crippen LogP contribution in [0.3, 0.4) is 0 Å². The van der Waals surface area contributed by atoms with E-state index in [0.29, 0.717) is 16.3 Å². The van der Waals surface area contributed by atoms with Crippen molar-refractivity contribution >= 4 is 27.3 Å². The molecule has 0 aliphatic rings. The van der Waals surface area contributed by atoms with E-state index in [1.165, 1.54) is 19.1 Å². The Morgan fingerprint density at radius 1 is 0.850 bits per heavy atom. The molecular formula is C16H12O4. The molecule has 3 N–H and O–H groups in total. The Labute approximate surface area is 114 Å². The van der Waals surface area contributed by atoms with Crippen LogP contribution in [0.5, 0.6) is 17.2 Å². The summed E-state index contributed by atoms with van der Waals surface area (Å²) in [6.07, 6.45) is 0. The van der Waals surface area contributed by atoms with Gasteiger partial charge in [-0.15, -0.1) is 0 Å². The number of fused-ring (bicyclic) bond motifs is 2. The molecule has 0 atom stereocenters. The van der Waals surface area contributed by atoms with E-state index in [0.717, 1.165) is 0 Å². The summed E-state index contributed by atoms with van der Waals surface area (Å²) in [7, 11) is 0. The lowest BCUT2D eigenvalue weighted by Gasteiger charge is -2.13. The van der Waals surface area contributed by atoms with E-state index in [1.807, 2.05) is 0 Å². The highest BCUT2D eigenvalue weighted by atomic mass is 16.3. The Balaban J connectivity index is 2.73. The van der Waals surface area contributed by atoms with Gasteiger partial charge in [0.25, 0.3) is 0 Å². The average Bonchev–Trinajstić information content (AvgIpc) is 2.38. The largest absolute Gasteiger partial charge is 0.507 e. The van der Waals surface area contributed by atoms with Gasteiger partial charge in [0.05, 0.1) is 10.8 Å². The highest BCUT2D eigenvalue weighted by Crippen LogP contribution is 2.44. The van der Waals surface area contributed by atoms with Gasteiger partial charge in [-0.05, 0) is 19.1 Å². The number of Topliss-reactive ketones (excluding diaryl/α,β-unsaturated/α-hetero) is 1. The molecule has 0 fully saturated rings. The van der Waals surface area contributed by atoms with Crippen LogP contribution in [0, 0.1) is 0 Å². The molecule has 3 rings (SSSR count). The quantitative estimate of drug-likeness (QED) is 0.467. The van der Waals surface area contributed by atoms with Crippen molar-refractivity contribution in [2.75, 3.05) is 0 Å². The molecule has 20 heavy (non-hydrogen) atoms. The molecule has 100 valence electrons. The van der Waals surface area contributed by atoms with Gasteiger partial charge in [0, 0.05) is 16.3 Å². The van der Waals surface area contributed by atoms with E-state index < -0.39 is 0 Å². The second-order valence-electron chi connectivity index (χ2n) is 4.68. The van der Waals surface area contributed by atoms with Crippen LogP contribution in [0.25, 0.3) is 21.5 Å². The molecule has 0 spiro atoms. The summed E-state index contributed by atoms with van der Waals surface area (Å²) in [6.45, 7) is 1.42. The fraction of sp³-hybridized carbons (Fsp3) is 0.0625. The summed E-state index contributed by atoms with van der Waals surface area (Å²) in [5, 5.41) is 31.5. The topological polar surface area (TPSA) is 77.8 Å². The Morgan fingerprint density at radius 2 is 1.30 bits per heavy atom. The predicted octanol–water partition coefficient (Wildman–Crippen LogP) is 3.31. The molecule has 0 saturated heterocycles. The van der Waals surface area contributed by atoms with Gasteiger partial charge in [0.15, 0.2) is 5.78 Å². The van der Waals surface area contributed by atoms with Crippen molar-refractivity contribution in [3.8, 4) is 17.2 Å². The summed E-state index contributed by atoms with van der Waals surface area (Å²) >= 11 is 0. The highest BCUT2D eigenvalue weighted by molar-refractivity contribution is 6.23. The number of hydrogen-bond acceptors (Lipinski definition) is 4. The van der Waals surface area contributed by atoms with E-state index in [2.05, 4.69) is 0 Å². The lowest BCUT2D eigenvalue weighted by molar-refractivity contribution is 0.102. The van der Waals surface area contributed by atoms with Crippen LogP contribution >= 0.6 is 0 Å². The first-order chi connectivity index (χ1) is 9.52. The van der Waals surface area contributed by atoms with Crippen molar-refractivity contribution in [1.82, 2.24) is 0 Å². The fourth-order valence-electron chi connectivity index (χ4n) is 2.64. The molecule has 0 saturated carbocycles. The average molecular weight is 268 g/mol. The molecule has 0 radical (unpaired) electrons. The highest BCUT2D eigenvalue weighted by Gasteiger charge is 2.20. The maximum absolute atomic E-state index is 12.0. The van der Waals surface area contributed by atoms with Crippen LogP contribution in [-0.4, -0.2) is 21.1 Å². The molecule has 0 amide bonds. The predicted molar refractivity (Wildman–Crippen MR) is 76.5 cm³/mol. The molecule has 0 bridgehead atoms. The summed E-state index contributed by atoms with van der Waals surface area (Å²) in [5.74, 6) is -0.687. The van der Waals surface area contributed by atoms with Crippen molar-refractivity contribution < 1.29 is 20.1 Å². The second kappa shape index (κ2) is 4.13. The third-order valence-electron chi connectivity index (χ3n) is 3.45. The third kappa shape index (κ3) is 1.51. The van der Waals surface area contributed by atoms with Gasteiger partial charge in [0.2, 0.25) is 0 Å². The van der Waals surface area contributed by atoms with Gasteiger partial charge in [-0.1, -0.05) is 24.3 Å². The summed E-state index contributed by atoms with van der Waals surface area (Å²) < 4.78 is 0. The number of phenolic OH excluding ortho intramolecular Hbond substituents is 3. The van der Waals surface area contributed by atoms with Gasteiger partial charge in [-0.25, -0.2) is 0 Å². The summed E-state index contributed by atoms with van der Waals surface area (Å²) in [5.41, 5.74) is 0.375. The lowest BCUT2D eigenvalue weighted by atomic mass is 9.93. The second-order valence-corrected chi connectivity index (χ2v) is 4.68. The zero-order valence-corrected chi connectivity index (χ0v) is 10.7. The van der Waals surface area contributed by atoms with E-state index in [4.69, 9.17) is 0 Å². The minimum atomic E-state index is -0.226. The Bertz CT molecular complexity index is 802. The SMILES string of the molecule is CC(=O)c1c2cccc(O)c2c(O)c2c(O)cccc12. The standard InChI is InChI=1S/C16H12O4/c1-8(17)13-9-4-2-6-11(18)14(9)16(20)15-10(13)5-3-7-12(15)19/h2-7,18-20H,1H3. The normalized spacial score (nSPS) is 11.1. The molecule has 3 aromatic rings. The van der Waals surface area contributed by atoms with Gasteiger partial charge < -0.3 is 15.3 Å². The lowest BCUT2D eigenvalue weighted by Crippen LogP contribution is -1.97. The summed E-state index contributed by atoms with van der Waals surface area (Å²) in [6, 6.07) is 9.40. The number of ketones is 1. The monoisotopic (exact) mass is 268 g/mol. The zero-order valence-electron chi connectivity index (χ0n) is 10.7. The number of phenols is 3. The smallest absolute Gasteiger partial charge is 0.161 e. The van der Waals surface area contributed by atoms with Gasteiger partial charge >= 0.3 is 0 Å². The van der Waals surface area contributed by atoms with Crippen molar-refractivity contribution in [2.24, 2.45) is 0 Å². The number of benzene rings is 3. The zero-order chi connectivity index (χ0) is 14.4. The fourth-order valence-corrected chi connectivity index (χ4v) is 2.64. The molecule has 0 heterocycles. The number of carbonyl (C=O) groups is 1. The maximum Gasteiger partial charge on any atom is 0.161 e. The first-order valence-corrected chi connectivity index (χ1v) is 6.11. The van der Waals surface area contributed by atoms with Crippen LogP contribution < -0.4 is 0 Å². The van der Waals surface area contributed by atoms with Crippen molar-refractivity contribution in [3.05, 3.63) is 42.0 Å². The van der Waals surface area contributed by atoms with Crippen LogP contribution in [0.2, 0.25) is 0 Å². The van der Waals surface area contributed by atoms with Gasteiger partial charge in [-0.3, -0.25) is 4.79 Å². The minimum Gasteiger partial charge on any atom is -0.507 e. The molecule has 4 heteroatoms. The van der Waals surface area contributed by atoms with Gasteiger partial charge in [-0.2, -0.15) is 0 Å². The molecule has 0 aromatic heterocycles. The number of rotatable bonds is 1. The van der Waals surface area contributed by atoms with Crippen molar-refractivity contribution in [2.45, 2.75) is 6.92 Å². The molecular weight excluding hydrogens is 256 g/mol.